The Morgan fingerprint density at radius 2 is 1.97 bits per heavy atom. The highest BCUT2D eigenvalue weighted by Gasteiger charge is 2.46. The minimum absolute atomic E-state index is 0.0891. The Labute approximate surface area is 203 Å². The van der Waals surface area contributed by atoms with Crippen LogP contribution in [0.25, 0.3) is 27.9 Å². The first-order valence-electron chi connectivity index (χ1n) is 11.8. The molecule has 1 aliphatic heterocycles. The quantitative estimate of drug-likeness (QED) is 0.454. The summed E-state index contributed by atoms with van der Waals surface area (Å²) in [4.78, 5) is 18.1. The number of rotatable bonds is 5. The van der Waals surface area contributed by atoms with Crippen molar-refractivity contribution in [3.05, 3.63) is 54.6 Å². The van der Waals surface area contributed by atoms with Gasteiger partial charge in [0.05, 0.1) is 23.0 Å². The lowest BCUT2D eigenvalue weighted by Crippen LogP contribution is -2.40. The highest BCUT2D eigenvalue weighted by Crippen LogP contribution is 2.44. The highest BCUT2D eigenvalue weighted by molar-refractivity contribution is 5.87. The maximum absolute atomic E-state index is 11.0. The van der Waals surface area contributed by atoms with Crippen LogP contribution < -0.4 is 10.2 Å². The molecule has 0 aromatic carbocycles. The molecule has 0 radical (unpaired) electrons. The van der Waals surface area contributed by atoms with Crippen LogP contribution in [0.15, 0.2) is 49.1 Å². The van der Waals surface area contributed by atoms with Crippen LogP contribution in [0.3, 0.4) is 0 Å². The number of pyridine rings is 2. The van der Waals surface area contributed by atoms with Gasteiger partial charge in [0.15, 0.2) is 0 Å². The number of hydrogen-bond acceptors (Lipinski definition) is 6. The molecule has 0 bridgehead atoms. The smallest absolute Gasteiger partial charge is 0.207 e. The number of anilines is 1. The van der Waals surface area contributed by atoms with Gasteiger partial charge >= 0.3 is 0 Å². The van der Waals surface area contributed by atoms with Crippen molar-refractivity contribution in [3.63, 3.8) is 0 Å². The van der Waals surface area contributed by atoms with Crippen LogP contribution in [0.2, 0.25) is 0 Å². The highest BCUT2D eigenvalue weighted by atomic mass is 16.1. The number of nitrogens with one attached hydrogen (secondary N) is 1. The summed E-state index contributed by atoms with van der Waals surface area (Å²) in [6.07, 6.45) is 10.1. The summed E-state index contributed by atoms with van der Waals surface area (Å²) in [6, 6.07) is 10.4. The second-order valence-electron chi connectivity index (χ2n) is 10.0. The van der Waals surface area contributed by atoms with Gasteiger partial charge in [0.1, 0.15) is 11.9 Å². The third-order valence-corrected chi connectivity index (χ3v) is 7.53. The van der Waals surface area contributed by atoms with Gasteiger partial charge in [0, 0.05) is 61.0 Å². The lowest BCUT2D eigenvalue weighted by Gasteiger charge is -2.27. The molecule has 9 heteroatoms. The summed E-state index contributed by atoms with van der Waals surface area (Å²) in [5, 5.41) is 21.6. The molecule has 9 nitrogen and oxygen atoms in total. The predicted molar refractivity (Wildman–Crippen MR) is 131 cm³/mol. The number of carbonyl (C=O) groups is 1. The van der Waals surface area contributed by atoms with E-state index in [0.717, 1.165) is 66.1 Å². The first-order chi connectivity index (χ1) is 17.0. The maximum Gasteiger partial charge on any atom is 0.207 e. The van der Waals surface area contributed by atoms with Gasteiger partial charge in [-0.3, -0.25) is 9.48 Å². The van der Waals surface area contributed by atoms with Gasteiger partial charge in [-0.2, -0.15) is 15.5 Å². The van der Waals surface area contributed by atoms with E-state index in [9.17, 15) is 10.1 Å². The minimum Gasteiger partial charge on any atom is -0.356 e. The van der Waals surface area contributed by atoms with Gasteiger partial charge in [-0.1, -0.05) is 0 Å². The molecule has 5 heterocycles. The molecule has 1 saturated heterocycles. The second-order valence-corrected chi connectivity index (χ2v) is 10.0. The summed E-state index contributed by atoms with van der Waals surface area (Å²) < 4.78 is 3.51. The molecule has 4 aromatic heterocycles. The summed E-state index contributed by atoms with van der Waals surface area (Å²) in [5.41, 5.74) is 4.79. The van der Waals surface area contributed by atoms with E-state index in [1.165, 1.54) is 0 Å². The zero-order valence-corrected chi connectivity index (χ0v) is 19.7. The Hall–Kier alpha value is -4.19. The molecule has 2 fully saturated rings. The number of nitrogens with zero attached hydrogens (tertiary/aromatic N) is 7. The molecule has 0 spiro atoms. The average molecular weight is 467 g/mol. The third kappa shape index (κ3) is 3.62. The van der Waals surface area contributed by atoms with Gasteiger partial charge in [0.2, 0.25) is 6.41 Å². The number of carbonyl (C=O) groups excluding carboxylic acids is 1. The molecule has 1 saturated carbocycles. The Morgan fingerprint density at radius 3 is 2.60 bits per heavy atom. The van der Waals surface area contributed by atoms with Gasteiger partial charge in [0.25, 0.3) is 0 Å². The molecule has 1 N–H and O–H groups in total. The van der Waals surface area contributed by atoms with E-state index in [2.05, 4.69) is 51.6 Å². The van der Waals surface area contributed by atoms with E-state index >= 15 is 0 Å². The van der Waals surface area contributed by atoms with E-state index in [1.807, 2.05) is 31.7 Å². The number of fused-ring (bicyclic) bond motifs is 2. The van der Waals surface area contributed by atoms with Crippen LogP contribution in [0.4, 0.5) is 5.82 Å². The zero-order chi connectivity index (χ0) is 24.2. The monoisotopic (exact) mass is 466 g/mol. The van der Waals surface area contributed by atoms with E-state index in [1.54, 1.807) is 15.4 Å². The molecule has 1 aliphatic carbocycles. The molecule has 1 amide bonds. The van der Waals surface area contributed by atoms with Crippen LogP contribution >= 0.6 is 0 Å². The van der Waals surface area contributed by atoms with Crippen molar-refractivity contribution in [3.8, 4) is 28.5 Å². The van der Waals surface area contributed by atoms with E-state index < -0.39 is 0 Å². The summed E-state index contributed by atoms with van der Waals surface area (Å²) in [5.74, 6) is 2.08. The SMILES string of the molecule is Cn1ccc(-c2cc(-c3ccc(N4C[C@@H]5C[C@@](C)(NC=O)C[C@@H]5C4)nc3)c3c(C#N)cnn3c2)n1. The summed E-state index contributed by atoms with van der Waals surface area (Å²) >= 11 is 0. The number of aromatic nitrogens is 5. The Morgan fingerprint density at radius 1 is 1.17 bits per heavy atom. The molecule has 2 aliphatic rings. The van der Waals surface area contributed by atoms with Crippen molar-refractivity contribution in [2.24, 2.45) is 18.9 Å². The molecule has 176 valence electrons. The van der Waals surface area contributed by atoms with Crippen LogP contribution in [-0.4, -0.2) is 49.4 Å². The largest absolute Gasteiger partial charge is 0.356 e. The van der Waals surface area contributed by atoms with Crippen molar-refractivity contribution < 1.29 is 4.79 Å². The fourth-order valence-corrected chi connectivity index (χ4v) is 5.95. The minimum atomic E-state index is -0.0891. The standard InChI is InChI=1S/C26H26N8O/c1-26(29-16-35)8-19-13-33(14-20(19)9-26)24-4-3-17(11-28-24)22-7-18(23-5-6-32(2)31-23)15-34-25(22)21(10-27)12-30-34/h3-7,11-12,15-16,19-20H,8-9,13-14H2,1-2H3,(H,29,35)/t19-,20+,26+. The molecule has 4 aromatic rings. The van der Waals surface area contributed by atoms with Crippen molar-refractivity contribution in [2.75, 3.05) is 18.0 Å². The number of aryl methyl sites for hydroxylation is 1. The Bertz CT molecular complexity index is 1450. The van der Waals surface area contributed by atoms with Crippen molar-refractivity contribution in [1.29, 1.82) is 5.26 Å². The lowest BCUT2D eigenvalue weighted by molar-refractivity contribution is -0.111. The first kappa shape index (κ1) is 21.4. The normalized spacial score (nSPS) is 23.4. The predicted octanol–water partition coefficient (Wildman–Crippen LogP) is 3.02. The van der Waals surface area contributed by atoms with Gasteiger partial charge in [-0.25, -0.2) is 9.50 Å². The number of amides is 1. The van der Waals surface area contributed by atoms with E-state index in [0.29, 0.717) is 17.4 Å². The van der Waals surface area contributed by atoms with Crippen molar-refractivity contribution in [2.45, 2.75) is 25.3 Å². The Kier molecular flexibility index (Phi) is 4.85. The molecular formula is C26H26N8O. The lowest BCUT2D eigenvalue weighted by atomic mass is 9.98. The van der Waals surface area contributed by atoms with Crippen LogP contribution in [-0.2, 0) is 11.8 Å². The maximum atomic E-state index is 11.0. The van der Waals surface area contributed by atoms with Crippen molar-refractivity contribution >= 4 is 17.7 Å². The van der Waals surface area contributed by atoms with Crippen LogP contribution in [0.1, 0.15) is 25.3 Å². The zero-order valence-electron chi connectivity index (χ0n) is 19.7. The molecule has 6 rings (SSSR count). The van der Waals surface area contributed by atoms with Crippen molar-refractivity contribution in [1.82, 2.24) is 29.7 Å². The first-order valence-corrected chi connectivity index (χ1v) is 11.8. The van der Waals surface area contributed by atoms with E-state index in [-0.39, 0.29) is 5.54 Å². The van der Waals surface area contributed by atoms with Gasteiger partial charge in [-0.05, 0) is 55.9 Å². The van der Waals surface area contributed by atoms with Gasteiger partial charge < -0.3 is 10.2 Å². The summed E-state index contributed by atoms with van der Waals surface area (Å²) in [7, 11) is 1.89. The molecule has 0 unspecified atom stereocenters. The number of nitriles is 1. The molecular weight excluding hydrogens is 440 g/mol. The van der Waals surface area contributed by atoms with Crippen LogP contribution in [0, 0.1) is 23.2 Å². The topological polar surface area (TPSA) is 104 Å². The average Bonchev–Trinajstić information content (AvgIpc) is 3.61. The summed E-state index contributed by atoms with van der Waals surface area (Å²) in [6.45, 7) is 4.05. The van der Waals surface area contributed by atoms with Crippen LogP contribution in [0.5, 0.6) is 0 Å². The molecule has 35 heavy (non-hydrogen) atoms. The van der Waals surface area contributed by atoms with E-state index in [4.69, 9.17) is 4.98 Å². The fraction of sp³-hybridized carbons (Fsp3) is 0.346. The third-order valence-electron chi connectivity index (χ3n) is 7.53. The fourth-order valence-electron chi connectivity index (χ4n) is 5.95. The van der Waals surface area contributed by atoms with Gasteiger partial charge in [-0.15, -0.1) is 0 Å². The number of hydrogen-bond donors (Lipinski definition) is 1. The molecule has 3 atom stereocenters. The Balaban J connectivity index is 1.31. The second kappa shape index (κ2) is 7.94.